The van der Waals surface area contributed by atoms with E-state index in [9.17, 15) is 4.79 Å². The van der Waals surface area contributed by atoms with Gasteiger partial charge >= 0.3 is 0 Å². The number of nitrogens with zero attached hydrogens (tertiary/aromatic N) is 1. The van der Waals surface area contributed by atoms with E-state index in [2.05, 4.69) is 27.4 Å². The van der Waals surface area contributed by atoms with Crippen molar-refractivity contribution in [1.29, 1.82) is 0 Å². The number of aromatic nitrogens is 2. The molecular formula is C24H17N3O2. The van der Waals surface area contributed by atoms with Crippen molar-refractivity contribution in [3.8, 4) is 11.1 Å². The summed E-state index contributed by atoms with van der Waals surface area (Å²) in [5, 5.41) is 4.09. The van der Waals surface area contributed by atoms with E-state index < -0.39 is 0 Å². The number of anilines is 1. The van der Waals surface area contributed by atoms with Crippen molar-refractivity contribution in [1.82, 2.24) is 9.97 Å². The SMILES string of the molecule is O=C1C=C(Nc2ccc(-c3ccccc3)cc2)OC1=Cc1c[nH]c2ncccc12. The van der Waals surface area contributed by atoms with Gasteiger partial charge in [-0.15, -0.1) is 0 Å². The number of benzene rings is 2. The maximum atomic E-state index is 12.3. The van der Waals surface area contributed by atoms with Gasteiger partial charge in [0.25, 0.3) is 0 Å². The molecule has 5 nitrogen and oxygen atoms in total. The summed E-state index contributed by atoms with van der Waals surface area (Å²) in [6, 6.07) is 22.0. The first-order valence-electron chi connectivity index (χ1n) is 9.26. The number of fused-ring (bicyclic) bond motifs is 1. The fourth-order valence-corrected chi connectivity index (χ4v) is 3.31. The molecule has 4 aromatic rings. The van der Waals surface area contributed by atoms with E-state index in [4.69, 9.17) is 4.74 Å². The van der Waals surface area contributed by atoms with E-state index in [0.717, 1.165) is 33.4 Å². The molecule has 0 saturated heterocycles. The monoisotopic (exact) mass is 379 g/mol. The molecule has 1 aliphatic heterocycles. The summed E-state index contributed by atoms with van der Waals surface area (Å²) >= 11 is 0. The number of carbonyl (C=O) groups excluding carboxylic acids is 1. The molecular weight excluding hydrogens is 362 g/mol. The molecule has 2 aromatic heterocycles. The molecule has 0 fully saturated rings. The number of nitrogens with one attached hydrogen (secondary N) is 2. The first-order valence-corrected chi connectivity index (χ1v) is 9.26. The van der Waals surface area contributed by atoms with Crippen molar-refractivity contribution in [2.24, 2.45) is 0 Å². The maximum Gasteiger partial charge on any atom is 0.226 e. The smallest absolute Gasteiger partial charge is 0.226 e. The van der Waals surface area contributed by atoms with Crippen LogP contribution in [0.4, 0.5) is 5.69 Å². The Bertz CT molecular complexity index is 1250. The minimum atomic E-state index is -0.174. The molecule has 0 bridgehead atoms. The molecule has 2 aromatic carbocycles. The van der Waals surface area contributed by atoms with Crippen LogP contribution in [-0.4, -0.2) is 15.8 Å². The predicted molar refractivity (Wildman–Crippen MR) is 114 cm³/mol. The Hall–Kier alpha value is -4.12. The van der Waals surface area contributed by atoms with Gasteiger partial charge in [-0.1, -0.05) is 42.5 Å². The normalized spacial score (nSPS) is 14.8. The highest BCUT2D eigenvalue weighted by atomic mass is 16.5. The van der Waals surface area contributed by atoms with Crippen molar-refractivity contribution < 1.29 is 9.53 Å². The van der Waals surface area contributed by atoms with E-state index in [0.29, 0.717) is 5.88 Å². The molecule has 3 heterocycles. The number of aromatic amines is 1. The van der Waals surface area contributed by atoms with Gasteiger partial charge in [-0.05, 0) is 41.5 Å². The zero-order valence-electron chi connectivity index (χ0n) is 15.4. The van der Waals surface area contributed by atoms with Crippen molar-refractivity contribution in [2.45, 2.75) is 0 Å². The van der Waals surface area contributed by atoms with E-state index in [1.807, 2.05) is 60.8 Å². The van der Waals surface area contributed by atoms with Crippen LogP contribution < -0.4 is 5.32 Å². The van der Waals surface area contributed by atoms with Gasteiger partial charge in [-0.25, -0.2) is 4.98 Å². The minimum Gasteiger partial charge on any atom is -0.437 e. The van der Waals surface area contributed by atoms with Crippen LogP contribution >= 0.6 is 0 Å². The Morgan fingerprint density at radius 3 is 2.55 bits per heavy atom. The van der Waals surface area contributed by atoms with Crippen LogP contribution in [0, 0.1) is 0 Å². The van der Waals surface area contributed by atoms with Gasteiger partial charge in [0.15, 0.2) is 5.76 Å². The molecule has 29 heavy (non-hydrogen) atoms. The lowest BCUT2D eigenvalue weighted by Crippen LogP contribution is -1.99. The van der Waals surface area contributed by atoms with Gasteiger partial charge in [0.05, 0.1) is 6.08 Å². The average molecular weight is 379 g/mol. The van der Waals surface area contributed by atoms with Crippen molar-refractivity contribution in [3.05, 3.63) is 102 Å². The molecule has 0 spiro atoms. The van der Waals surface area contributed by atoms with Crippen LogP contribution in [0.5, 0.6) is 0 Å². The third-order valence-corrected chi connectivity index (χ3v) is 4.75. The van der Waals surface area contributed by atoms with Crippen molar-refractivity contribution >= 4 is 28.6 Å². The molecule has 0 amide bonds. The fraction of sp³-hybridized carbons (Fsp3) is 0. The standard InChI is InChI=1S/C24H17N3O2/c28-21-14-23(27-19-10-8-17(9-11-19)16-5-2-1-3-6-16)29-22(21)13-18-15-26-24-20(18)7-4-12-25-24/h1-15,27H,(H,25,26). The van der Waals surface area contributed by atoms with Gasteiger partial charge in [-0.2, -0.15) is 0 Å². The molecule has 5 heteroatoms. The molecule has 0 saturated carbocycles. The van der Waals surface area contributed by atoms with E-state index in [1.165, 1.54) is 6.08 Å². The van der Waals surface area contributed by atoms with Gasteiger partial charge < -0.3 is 15.0 Å². The topological polar surface area (TPSA) is 67.0 Å². The van der Waals surface area contributed by atoms with E-state index in [-0.39, 0.29) is 11.5 Å². The summed E-state index contributed by atoms with van der Waals surface area (Å²) in [5.74, 6) is 0.511. The van der Waals surface area contributed by atoms with Crippen LogP contribution in [0.25, 0.3) is 28.2 Å². The second-order valence-corrected chi connectivity index (χ2v) is 6.70. The van der Waals surface area contributed by atoms with Crippen molar-refractivity contribution in [2.75, 3.05) is 5.32 Å². The van der Waals surface area contributed by atoms with Crippen LogP contribution in [0.15, 0.2) is 96.8 Å². The van der Waals surface area contributed by atoms with E-state index >= 15 is 0 Å². The number of pyridine rings is 1. The zero-order valence-corrected chi connectivity index (χ0v) is 15.4. The summed E-state index contributed by atoms with van der Waals surface area (Å²) in [6.07, 6.45) is 6.73. The number of ketones is 1. The number of ether oxygens (including phenoxy) is 1. The molecule has 2 N–H and O–H groups in total. The lowest BCUT2D eigenvalue weighted by Gasteiger charge is -2.09. The molecule has 0 unspecified atom stereocenters. The third-order valence-electron chi connectivity index (χ3n) is 4.75. The first-order chi connectivity index (χ1) is 14.3. The Morgan fingerprint density at radius 1 is 0.931 bits per heavy atom. The molecule has 0 atom stereocenters. The van der Waals surface area contributed by atoms with Crippen LogP contribution in [0.2, 0.25) is 0 Å². The summed E-state index contributed by atoms with van der Waals surface area (Å²) in [4.78, 5) is 19.7. The van der Waals surface area contributed by atoms with Crippen molar-refractivity contribution in [3.63, 3.8) is 0 Å². The second-order valence-electron chi connectivity index (χ2n) is 6.70. The molecule has 1 aliphatic rings. The quantitative estimate of drug-likeness (QED) is 0.483. The lowest BCUT2D eigenvalue weighted by molar-refractivity contribution is -0.112. The molecule has 0 radical (unpaired) electrons. The number of rotatable bonds is 4. The minimum absolute atomic E-state index is 0.174. The predicted octanol–water partition coefficient (Wildman–Crippen LogP) is 5.12. The second kappa shape index (κ2) is 7.13. The number of carbonyl (C=O) groups is 1. The summed E-state index contributed by atoms with van der Waals surface area (Å²) in [7, 11) is 0. The third kappa shape index (κ3) is 3.41. The summed E-state index contributed by atoms with van der Waals surface area (Å²) in [6.45, 7) is 0. The van der Waals surface area contributed by atoms with Gasteiger partial charge in [-0.3, -0.25) is 4.79 Å². The zero-order chi connectivity index (χ0) is 19.6. The number of allylic oxidation sites excluding steroid dienone is 1. The van der Waals surface area contributed by atoms with Gasteiger partial charge in [0.2, 0.25) is 11.7 Å². The Balaban J connectivity index is 1.32. The molecule has 5 rings (SSSR count). The van der Waals surface area contributed by atoms with Crippen LogP contribution in [0.3, 0.4) is 0 Å². The maximum absolute atomic E-state index is 12.3. The number of H-pyrrole nitrogens is 1. The average Bonchev–Trinajstić information content (AvgIpc) is 3.33. The van der Waals surface area contributed by atoms with Gasteiger partial charge in [0, 0.05) is 29.0 Å². The Kier molecular flexibility index (Phi) is 4.18. The van der Waals surface area contributed by atoms with E-state index in [1.54, 1.807) is 12.3 Å². The van der Waals surface area contributed by atoms with Gasteiger partial charge in [0.1, 0.15) is 5.65 Å². The number of hydrogen-bond donors (Lipinski definition) is 2. The molecule has 140 valence electrons. The highest BCUT2D eigenvalue weighted by molar-refractivity contribution is 6.09. The Morgan fingerprint density at radius 2 is 1.72 bits per heavy atom. The fourth-order valence-electron chi connectivity index (χ4n) is 3.31. The largest absolute Gasteiger partial charge is 0.437 e. The first kappa shape index (κ1) is 17.0. The Labute approximate surface area is 167 Å². The number of hydrogen-bond acceptors (Lipinski definition) is 4. The highest BCUT2D eigenvalue weighted by Crippen LogP contribution is 2.26. The molecule has 0 aliphatic carbocycles. The lowest BCUT2D eigenvalue weighted by atomic mass is 10.1. The summed E-state index contributed by atoms with van der Waals surface area (Å²) < 4.78 is 5.74. The highest BCUT2D eigenvalue weighted by Gasteiger charge is 2.21. The van der Waals surface area contributed by atoms with Crippen LogP contribution in [0.1, 0.15) is 5.56 Å². The van der Waals surface area contributed by atoms with Crippen LogP contribution in [-0.2, 0) is 9.53 Å². The summed E-state index contributed by atoms with van der Waals surface area (Å²) in [5.41, 5.74) is 4.76.